The number of piperidine rings is 1. The summed E-state index contributed by atoms with van der Waals surface area (Å²) in [4.78, 5) is 8.50. The molecule has 168 valence electrons. The van der Waals surface area contributed by atoms with Gasteiger partial charge < -0.3 is 10.6 Å². The highest BCUT2D eigenvalue weighted by Gasteiger charge is 2.35. The molecule has 1 aromatic carbocycles. The van der Waals surface area contributed by atoms with Gasteiger partial charge in [-0.2, -0.15) is 13.2 Å². The van der Waals surface area contributed by atoms with Crippen molar-refractivity contribution in [2.45, 2.75) is 64.0 Å². The zero-order valence-corrected chi connectivity index (χ0v) is 18.0. The number of likely N-dealkylation sites (tertiary alicyclic amines) is 2. The number of nitrogens with zero attached hydrogens (tertiary/aromatic N) is 3. The lowest BCUT2D eigenvalue weighted by atomic mass is 9.97. The Bertz CT molecular complexity index is 679. The molecule has 2 fully saturated rings. The predicted octanol–water partition coefficient (Wildman–Crippen LogP) is 3.23. The van der Waals surface area contributed by atoms with Crippen LogP contribution in [0, 0.1) is 0 Å². The van der Waals surface area contributed by atoms with E-state index in [9.17, 15) is 13.2 Å². The number of alkyl halides is 3. The van der Waals surface area contributed by atoms with Gasteiger partial charge in [-0.05, 0) is 38.7 Å². The molecule has 0 spiro atoms. The quantitative estimate of drug-likeness (QED) is 0.543. The van der Waals surface area contributed by atoms with Crippen molar-refractivity contribution >= 4 is 5.96 Å². The average molecular weight is 426 g/mol. The Morgan fingerprint density at radius 2 is 1.80 bits per heavy atom. The molecular formula is C22H34F3N5. The number of rotatable bonds is 6. The van der Waals surface area contributed by atoms with Gasteiger partial charge in [0.1, 0.15) is 0 Å². The topological polar surface area (TPSA) is 42.9 Å². The molecule has 0 saturated carbocycles. The second-order valence-electron chi connectivity index (χ2n) is 8.47. The molecular weight excluding hydrogens is 391 g/mol. The normalized spacial score (nSPS) is 26.7. The smallest absolute Gasteiger partial charge is 0.354 e. The van der Waals surface area contributed by atoms with E-state index in [0.717, 1.165) is 31.9 Å². The molecule has 2 aliphatic rings. The van der Waals surface area contributed by atoms with Gasteiger partial charge in [-0.1, -0.05) is 30.3 Å². The standard InChI is InChI=1S/C22H34F3N5/c1-3-26-21(28-20-9-11-29(15-20)16-22(23,24)25)27-19-10-12-30(17(2)13-19)14-18-7-5-4-6-8-18/h4-8,17,19-20H,3,9-16H2,1-2H3,(H2,26,27,28). The number of benzene rings is 1. The Kier molecular flexibility index (Phi) is 7.99. The molecule has 2 heterocycles. The molecule has 5 nitrogen and oxygen atoms in total. The number of hydrogen-bond acceptors (Lipinski definition) is 3. The van der Waals surface area contributed by atoms with E-state index < -0.39 is 12.7 Å². The molecule has 2 aliphatic heterocycles. The Morgan fingerprint density at radius 3 is 2.47 bits per heavy atom. The SMILES string of the molecule is CCN=C(NC1CCN(Cc2ccccc2)C(C)C1)NC1CCN(CC(F)(F)F)C1. The third kappa shape index (κ3) is 7.16. The fraction of sp³-hybridized carbons (Fsp3) is 0.682. The van der Waals surface area contributed by atoms with Gasteiger partial charge in [0.05, 0.1) is 6.54 Å². The molecule has 0 aliphatic carbocycles. The summed E-state index contributed by atoms with van der Waals surface area (Å²) in [6.07, 6.45) is -1.40. The highest BCUT2D eigenvalue weighted by Crippen LogP contribution is 2.21. The maximum atomic E-state index is 12.6. The third-order valence-corrected chi connectivity index (χ3v) is 5.92. The van der Waals surface area contributed by atoms with Crippen LogP contribution in [-0.2, 0) is 6.54 Å². The van der Waals surface area contributed by atoms with E-state index in [1.165, 1.54) is 10.5 Å². The van der Waals surface area contributed by atoms with E-state index in [-0.39, 0.29) is 6.04 Å². The summed E-state index contributed by atoms with van der Waals surface area (Å²) in [5, 5.41) is 6.90. The Hall–Kier alpha value is -1.80. The van der Waals surface area contributed by atoms with E-state index in [1.54, 1.807) is 0 Å². The first-order chi connectivity index (χ1) is 14.3. The molecule has 3 atom stereocenters. The third-order valence-electron chi connectivity index (χ3n) is 5.92. The average Bonchev–Trinajstić information content (AvgIpc) is 3.10. The van der Waals surface area contributed by atoms with Crippen molar-refractivity contribution < 1.29 is 13.2 Å². The van der Waals surface area contributed by atoms with Crippen LogP contribution in [0.1, 0.15) is 38.7 Å². The highest BCUT2D eigenvalue weighted by atomic mass is 19.4. The van der Waals surface area contributed by atoms with Crippen LogP contribution in [0.3, 0.4) is 0 Å². The zero-order valence-electron chi connectivity index (χ0n) is 18.0. The fourth-order valence-electron chi connectivity index (χ4n) is 4.43. The molecule has 3 unspecified atom stereocenters. The molecule has 1 aromatic rings. The Labute approximate surface area is 177 Å². The van der Waals surface area contributed by atoms with E-state index in [2.05, 4.69) is 51.7 Å². The summed E-state index contributed by atoms with van der Waals surface area (Å²) in [6.45, 7) is 6.86. The molecule has 0 radical (unpaired) electrons. The molecule has 2 N–H and O–H groups in total. The van der Waals surface area contributed by atoms with Crippen LogP contribution in [0.2, 0.25) is 0 Å². The van der Waals surface area contributed by atoms with Gasteiger partial charge in [-0.15, -0.1) is 0 Å². The lowest BCUT2D eigenvalue weighted by molar-refractivity contribution is -0.143. The van der Waals surface area contributed by atoms with Crippen LogP contribution in [-0.4, -0.2) is 72.8 Å². The van der Waals surface area contributed by atoms with Crippen LogP contribution in [0.25, 0.3) is 0 Å². The van der Waals surface area contributed by atoms with Crippen LogP contribution in [0.15, 0.2) is 35.3 Å². The number of guanidine groups is 1. The van der Waals surface area contributed by atoms with Gasteiger partial charge >= 0.3 is 6.18 Å². The lowest BCUT2D eigenvalue weighted by Gasteiger charge is -2.38. The molecule has 0 bridgehead atoms. The molecule has 8 heteroatoms. The predicted molar refractivity (Wildman–Crippen MR) is 114 cm³/mol. The van der Waals surface area contributed by atoms with Crippen molar-refractivity contribution in [1.29, 1.82) is 0 Å². The van der Waals surface area contributed by atoms with Crippen molar-refractivity contribution in [3.63, 3.8) is 0 Å². The summed E-state index contributed by atoms with van der Waals surface area (Å²) >= 11 is 0. The van der Waals surface area contributed by atoms with Crippen LogP contribution < -0.4 is 10.6 Å². The van der Waals surface area contributed by atoms with Gasteiger partial charge in [0.25, 0.3) is 0 Å². The second-order valence-corrected chi connectivity index (χ2v) is 8.47. The maximum absolute atomic E-state index is 12.6. The van der Waals surface area contributed by atoms with Gasteiger partial charge in [-0.3, -0.25) is 14.8 Å². The van der Waals surface area contributed by atoms with E-state index in [0.29, 0.717) is 38.1 Å². The number of aliphatic imine (C=N–C) groups is 1. The van der Waals surface area contributed by atoms with Gasteiger partial charge in [0.2, 0.25) is 0 Å². The monoisotopic (exact) mass is 425 g/mol. The Balaban J connectivity index is 1.47. The first kappa shape index (κ1) is 22.9. The van der Waals surface area contributed by atoms with Gasteiger partial charge in [0.15, 0.2) is 5.96 Å². The van der Waals surface area contributed by atoms with Crippen LogP contribution >= 0.6 is 0 Å². The summed E-state index contributed by atoms with van der Waals surface area (Å²) in [5.41, 5.74) is 1.33. The summed E-state index contributed by atoms with van der Waals surface area (Å²) < 4.78 is 37.9. The van der Waals surface area contributed by atoms with E-state index in [4.69, 9.17) is 0 Å². The second kappa shape index (κ2) is 10.5. The maximum Gasteiger partial charge on any atom is 0.401 e. The minimum atomic E-state index is -4.14. The van der Waals surface area contributed by atoms with Crippen molar-refractivity contribution in [1.82, 2.24) is 20.4 Å². The number of nitrogens with one attached hydrogen (secondary N) is 2. The van der Waals surface area contributed by atoms with Crippen LogP contribution in [0.5, 0.6) is 0 Å². The van der Waals surface area contributed by atoms with E-state index >= 15 is 0 Å². The molecule has 3 rings (SSSR count). The molecule has 2 saturated heterocycles. The lowest BCUT2D eigenvalue weighted by Crippen LogP contribution is -2.53. The van der Waals surface area contributed by atoms with Crippen molar-refractivity contribution in [3.8, 4) is 0 Å². The molecule has 0 amide bonds. The zero-order chi connectivity index (χ0) is 21.6. The molecule has 30 heavy (non-hydrogen) atoms. The highest BCUT2D eigenvalue weighted by molar-refractivity contribution is 5.80. The summed E-state index contributed by atoms with van der Waals surface area (Å²) in [6, 6.07) is 11.3. The minimum Gasteiger partial charge on any atom is -0.354 e. The number of hydrogen-bond donors (Lipinski definition) is 2. The first-order valence-electron chi connectivity index (χ1n) is 11.0. The largest absolute Gasteiger partial charge is 0.401 e. The minimum absolute atomic E-state index is 0.000688. The number of halogens is 3. The van der Waals surface area contributed by atoms with Crippen molar-refractivity contribution in [2.75, 3.05) is 32.7 Å². The summed E-state index contributed by atoms with van der Waals surface area (Å²) in [7, 11) is 0. The fourth-order valence-corrected chi connectivity index (χ4v) is 4.43. The Morgan fingerprint density at radius 1 is 1.10 bits per heavy atom. The van der Waals surface area contributed by atoms with Crippen molar-refractivity contribution in [3.05, 3.63) is 35.9 Å². The van der Waals surface area contributed by atoms with Crippen molar-refractivity contribution in [2.24, 2.45) is 4.99 Å². The van der Waals surface area contributed by atoms with Gasteiger partial charge in [-0.25, -0.2) is 0 Å². The van der Waals surface area contributed by atoms with Crippen LogP contribution in [0.4, 0.5) is 13.2 Å². The van der Waals surface area contributed by atoms with E-state index in [1.807, 2.05) is 13.0 Å². The summed E-state index contributed by atoms with van der Waals surface area (Å²) in [5.74, 6) is 0.727. The molecule has 0 aromatic heterocycles. The van der Waals surface area contributed by atoms with Gasteiger partial charge in [0, 0.05) is 50.8 Å². The first-order valence-corrected chi connectivity index (χ1v) is 11.0.